The predicted octanol–water partition coefficient (Wildman–Crippen LogP) is 2.05. The Morgan fingerprint density at radius 1 is 1.21 bits per heavy atom. The minimum absolute atomic E-state index is 0.120. The standard InChI is InChI=1S/C14H21NO4/c1-3-18-12-6-5-11(9-13(12)19-4-2)10-15-8-7-14(16)17/h5-6,9,15H,3-4,7-8,10H2,1-2H3,(H,16,17). The highest BCUT2D eigenvalue weighted by molar-refractivity contribution is 5.66. The fourth-order valence-electron chi connectivity index (χ4n) is 1.63. The second-order valence-electron chi connectivity index (χ2n) is 3.97. The van der Waals surface area contributed by atoms with Gasteiger partial charge in [0.2, 0.25) is 0 Å². The van der Waals surface area contributed by atoms with Crippen LogP contribution in [-0.4, -0.2) is 30.8 Å². The number of hydrogen-bond donors (Lipinski definition) is 2. The Morgan fingerprint density at radius 2 is 1.89 bits per heavy atom. The van der Waals surface area contributed by atoms with Crippen molar-refractivity contribution < 1.29 is 19.4 Å². The Hall–Kier alpha value is -1.75. The molecule has 0 spiro atoms. The third kappa shape index (κ3) is 5.61. The van der Waals surface area contributed by atoms with E-state index < -0.39 is 5.97 Å². The highest BCUT2D eigenvalue weighted by Gasteiger charge is 2.06. The normalized spacial score (nSPS) is 10.2. The first-order valence-electron chi connectivity index (χ1n) is 6.48. The van der Waals surface area contributed by atoms with Crippen molar-refractivity contribution in [1.82, 2.24) is 5.32 Å². The molecule has 0 aliphatic rings. The van der Waals surface area contributed by atoms with E-state index >= 15 is 0 Å². The van der Waals surface area contributed by atoms with Gasteiger partial charge in [-0.1, -0.05) is 6.07 Å². The van der Waals surface area contributed by atoms with Crippen LogP contribution in [0.4, 0.5) is 0 Å². The van der Waals surface area contributed by atoms with Crippen molar-refractivity contribution in [2.75, 3.05) is 19.8 Å². The van der Waals surface area contributed by atoms with Crippen LogP contribution < -0.4 is 14.8 Å². The lowest BCUT2D eigenvalue weighted by molar-refractivity contribution is -0.136. The molecule has 0 saturated carbocycles. The Morgan fingerprint density at radius 3 is 2.53 bits per heavy atom. The SMILES string of the molecule is CCOc1ccc(CNCCC(=O)O)cc1OCC. The molecule has 0 aliphatic carbocycles. The molecule has 5 nitrogen and oxygen atoms in total. The summed E-state index contributed by atoms with van der Waals surface area (Å²) in [5.74, 6) is 0.662. The molecule has 0 atom stereocenters. The average molecular weight is 267 g/mol. The van der Waals surface area contributed by atoms with Crippen LogP contribution in [0.3, 0.4) is 0 Å². The number of benzene rings is 1. The highest BCUT2D eigenvalue weighted by atomic mass is 16.5. The fraction of sp³-hybridized carbons (Fsp3) is 0.500. The first-order valence-corrected chi connectivity index (χ1v) is 6.48. The lowest BCUT2D eigenvalue weighted by Crippen LogP contribution is -2.17. The Bertz CT molecular complexity index is 406. The molecule has 106 valence electrons. The summed E-state index contributed by atoms with van der Waals surface area (Å²) in [6, 6.07) is 5.74. The van der Waals surface area contributed by atoms with Gasteiger partial charge in [-0.25, -0.2) is 0 Å². The van der Waals surface area contributed by atoms with Crippen molar-refractivity contribution in [3.05, 3.63) is 23.8 Å². The first-order chi connectivity index (χ1) is 9.17. The summed E-state index contributed by atoms with van der Waals surface area (Å²) in [6.45, 7) is 6.09. The van der Waals surface area contributed by atoms with Gasteiger partial charge in [0, 0.05) is 13.1 Å². The number of carboxylic acid groups (broad SMARTS) is 1. The molecule has 1 rings (SSSR count). The third-order valence-corrected chi connectivity index (χ3v) is 2.45. The number of ether oxygens (including phenoxy) is 2. The topological polar surface area (TPSA) is 67.8 Å². The Labute approximate surface area is 113 Å². The molecule has 0 heterocycles. The van der Waals surface area contributed by atoms with Crippen LogP contribution in [0.1, 0.15) is 25.8 Å². The summed E-state index contributed by atoms with van der Waals surface area (Å²) in [7, 11) is 0. The second-order valence-corrected chi connectivity index (χ2v) is 3.97. The molecule has 0 saturated heterocycles. The van der Waals surface area contributed by atoms with Crippen LogP contribution in [-0.2, 0) is 11.3 Å². The van der Waals surface area contributed by atoms with E-state index in [0.29, 0.717) is 26.3 Å². The average Bonchev–Trinajstić information content (AvgIpc) is 2.38. The van der Waals surface area contributed by atoms with Gasteiger partial charge in [-0.05, 0) is 31.5 Å². The number of nitrogens with one attached hydrogen (secondary N) is 1. The zero-order valence-corrected chi connectivity index (χ0v) is 11.4. The molecular formula is C14H21NO4. The highest BCUT2D eigenvalue weighted by Crippen LogP contribution is 2.28. The van der Waals surface area contributed by atoms with Crippen molar-refractivity contribution in [2.24, 2.45) is 0 Å². The van der Waals surface area contributed by atoms with Crippen molar-refractivity contribution in [1.29, 1.82) is 0 Å². The van der Waals surface area contributed by atoms with Crippen molar-refractivity contribution >= 4 is 5.97 Å². The van der Waals surface area contributed by atoms with Gasteiger partial charge in [-0.15, -0.1) is 0 Å². The smallest absolute Gasteiger partial charge is 0.304 e. The van der Waals surface area contributed by atoms with E-state index in [-0.39, 0.29) is 6.42 Å². The molecule has 1 aromatic rings. The minimum atomic E-state index is -0.797. The van der Waals surface area contributed by atoms with E-state index in [1.807, 2.05) is 32.0 Å². The van der Waals surface area contributed by atoms with E-state index in [9.17, 15) is 4.79 Å². The quantitative estimate of drug-likeness (QED) is 0.670. The number of hydrogen-bond acceptors (Lipinski definition) is 4. The lowest BCUT2D eigenvalue weighted by Gasteiger charge is -2.12. The molecule has 19 heavy (non-hydrogen) atoms. The van der Waals surface area contributed by atoms with Crippen molar-refractivity contribution in [3.63, 3.8) is 0 Å². The predicted molar refractivity (Wildman–Crippen MR) is 72.7 cm³/mol. The molecule has 0 aliphatic heterocycles. The number of carboxylic acids is 1. The lowest BCUT2D eigenvalue weighted by atomic mass is 10.2. The van der Waals surface area contributed by atoms with Crippen molar-refractivity contribution in [3.8, 4) is 11.5 Å². The van der Waals surface area contributed by atoms with Crippen LogP contribution in [0.5, 0.6) is 11.5 Å². The molecule has 1 aromatic carbocycles. The summed E-state index contributed by atoms with van der Waals surface area (Å²) >= 11 is 0. The maximum Gasteiger partial charge on any atom is 0.304 e. The van der Waals surface area contributed by atoms with Crippen LogP contribution in [0.25, 0.3) is 0 Å². The zero-order chi connectivity index (χ0) is 14.1. The maximum atomic E-state index is 10.4. The number of carbonyl (C=O) groups is 1. The molecule has 0 amide bonds. The summed E-state index contributed by atoms with van der Waals surface area (Å²) in [4.78, 5) is 10.4. The van der Waals surface area contributed by atoms with Gasteiger partial charge < -0.3 is 19.9 Å². The summed E-state index contributed by atoms with van der Waals surface area (Å²) in [5.41, 5.74) is 1.04. The molecule has 0 radical (unpaired) electrons. The van der Waals surface area contributed by atoms with Crippen LogP contribution in [0, 0.1) is 0 Å². The number of rotatable bonds is 9. The zero-order valence-electron chi connectivity index (χ0n) is 11.4. The minimum Gasteiger partial charge on any atom is -0.490 e. The van der Waals surface area contributed by atoms with Gasteiger partial charge in [0.25, 0.3) is 0 Å². The molecule has 5 heteroatoms. The Balaban J connectivity index is 2.58. The molecule has 0 unspecified atom stereocenters. The monoisotopic (exact) mass is 267 g/mol. The van der Waals surface area contributed by atoms with Crippen molar-refractivity contribution in [2.45, 2.75) is 26.8 Å². The molecule has 2 N–H and O–H groups in total. The summed E-state index contributed by atoms with van der Waals surface area (Å²) in [6.07, 6.45) is 0.120. The van der Waals surface area contributed by atoms with Gasteiger partial charge >= 0.3 is 5.97 Å². The summed E-state index contributed by atoms with van der Waals surface area (Å²) < 4.78 is 11.0. The van der Waals surface area contributed by atoms with Crippen LogP contribution in [0.15, 0.2) is 18.2 Å². The van der Waals surface area contributed by atoms with Gasteiger partial charge in [-0.2, -0.15) is 0 Å². The Kier molecular flexibility index (Phi) is 6.74. The molecule has 0 bridgehead atoms. The van der Waals surface area contributed by atoms with Gasteiger partial charge in [-0.3, -0.25) is 4.79 Å². The van der Waals surface area contributed by atoms with Crippen LogP contribution >= 0.6 is 0 Å². The molecule has 0 fully saturated rings. The third-order valence-electron chi connectivity index (χ3n) is 2.45. The van der Waals surface area contributed by atoms with E-state index in [0.717, 1.165) is 17.1 Å². The van der Waals surface area contributed by atoms with E-state index in [4.69, 9.17) is 14.6 Å². The maximum absolute atomic E-state index is 10.4. The van der Waals surface area contributed by atoms with E-state index in [1.54, 1.807) is 0 Å². The fourth-order valence-corrected chi connectivity index (χ4v) is 1.63. The first kappa shape index (κ1) is 15.3. The molecule has 0 aromatic heterocycles. The van der Waals surface area contributed by atoms with E-state index in [2.05, 4.69) is 5.32 Å². The molecular weight excluding hydrogens is 246 g/mol. The summed E-state index contributed by atoms with van der Waals surface area (Å²) in [5, 5.41) is 11.6. The van der Waals surface area contributed by atoms with Gasteiger partial charge in [0.1, 0.15) is 0 Å². The van der Waals surface area contributed by atoms with Crippen LogP contribution in [0.2, 0.25) is 0 Å². The van der Waals surface area contributed by atoms with Gasteiger partial charge in [0.05, 0.1) is 19.6 Å². The van der Waals surface area contributed by atoms with E-state index in [1.165, 1.54) is 0 Å². The number of aliphatic carboxylic acids is 1. The van der Waals surface area contributed by atoms with Gasteiger partial charge in [0.15, 0.2) is 11.5 Å². The largest absolute Gasteiger partial charge is 0.490 e. The second kappa shape index (κ2) is 8.37.